The molecule has 5 aliphatic rings. The molecule has 5 rings (SSSR count). The van der Waals surface area contributed by atoms with Crippen LogP contribution in [0.4, 0.5) is 0 Å². The van der Waals surface area contributed by atoms with E-state index in [1.165, 1.54) is 19.3 Å². The van der Waals surface area contributed by atoms with Crippen LogP contribution in [0.1, 0.15) is 47.0 Å². The number of hydrogen-bond acceptors (Lipinski definition) is 2. The minimum absolute atomic E-state index is 0.0159. The first-order valence-corrected chi connectivity index (χ1v) is 7.28. The zero-order valence-electron chi connectivity index (χ0n) is 11.4. The molecule has 2 nitrogen and oxygen atoms in total. The van der Waals surface area contributed by atoms with Gasteiger partial charge in [-0.2, -0.15) is 0 Å². The largest absolute Gasteiger partial charge is 0.460 e. The maximum Gasteiger partial charge on any atom is 0.460 e. The summed E-state index contributed by atoms with van der Waals surface area (Å²) in [5.41, 5.74) is 0.454. The van der Waals surface area contributed by atoms with E-state index in [4.69, 9.17) is 9.31 Å². The Morgan fingerprint density at radius 3 is 2.47 bits per heavy atom. The maximum absolute atomic E-state index is 6.40. The monoisotopic (exact) mass is 234 g/mol. The molecule has 0 unspecified atom stereocenters. The summed E-state index contributed by atoms with van der Waals surface area (Å²) < 4.78 is 12.7. The van der Waals surface area contributed by atoms with Crippen LogP contribution in [0, 0.1) is 23.2 Å². The second-order valence-electron chi connectivity index (χ2n) is 7.64. The molecule has 0 radical (unpaired) electrons. The van der Waals surface area contributed by atoms with Crippen LogP contribution in [0.2, 0.25) is 5.82 Å². The highest BCUT2D eigenvalue weighted by Crippen LogP contribution is 2.70. The van der Waals surface area contributed by atoms with Gasteiger partial charge in [-0.3, -0.25) is 0 Å². The maximum atomic E-state index is 6.40. The minimum Gasteiger partial charge on any atom is -0.405 e. The molecule has 0 spiro atoms. The first-order chi connectivity index (χ1) is 7.94. The molecule has 0 aromatic rings. The van der Waals surface area contributed by atoms with Gasteiger partial charge in [-0.1, -0.05) is 33.6 Å². The van der Waals surface area contributed by atoms with Gasteiger partial charge >= 0.3 is 7.12 Å². The Balaban J connectivity index is 1.57. The van der Waals surface area contributed by atoms with Crippen molar-refractivity contribution < 1.29 is 9.31 Å². The van der Waals surface area contributed by atoms with E-state index in [-0.39, 0.29) is 12.7 Å². The van der Waals surface area contributed by atoms with E-state index in [9.17, 15) is 0 Å². The highest BCUT2D eigenvalue weighted by atomic mass is 16.7. The molecular formula is C14H23BO2. The van der Waals surface area contributed by atoms with Crippen molar-refractivity contribution >= 4 is 7.12 Å². The lowest BCUT2D eigenvalue weighted by Crippen LogP contribution is -2.46. The van der Waals surface area contributed by atoms with E-state index in [1.807, 2.05) is 0 Å². The fraction of sp³-hybridized carbons (Fsp3) is 1.00. The first-order valence-electron chi connectivity index (χ1n) is 7.28. The lowest BCUT2D eigenvalue weighted by atomic mass is 9.58. The fourth-order valence-corrected chi connectivity index (χ4v) is 4.92. The molecule has 94 valence electrons. The van der Waals surface area contributed by atoms with Gasteiger partial charge in [-0.05, 0) is 42.3 Å². The molecular weight excluding hydrogens is 211 g/mol. The van der Waals surface area contributed by atoms with Gasteiger partial charge in [0.2, 0.25) is 0 Å². The molecule has 0 aromatic heterocycles. The van der Waals surface area contributed by atoms with Gasteiger partial charge in [0, 0.05) is 0 Å². The molecule has 3 heteroatoms. The van der Waals surface area contributed by atoms with E-state index in [1.54, 1.807) is 0 Å². The van der Waals surface area contributed by atoms with E-state index in [2.05, 4.69) is 27.7 Å². The van der Waals surface area contributed by atoms with Crippen LogP contribution in [-0.4, -0.2) is 18.8 Å². The van der Waals surface area contributed by atoms with Crippen molar-refractivity contribution in [3.05, 3.63) is 0 Å². The molecule has 1 aliphatic heterocycles. The van der Waals surface area contributed by atoms with Crippen molar-refractivity contribution in [1.29, 1.82) is 0 Å². The quantitative estimate of drug-likeness (QED) is 0.683. The van der Waals surface area contributed by atoms with Crippen molar-refractivity contribution in [3.8, 4) is 0 Å². The SMILES string of the molecule is C[C@H](B1O[C@H]2[C@H]3C[C@H](C3(C)C)[C@@]2(C)O1)C1CC1. The third-order valence-electron chi connectivity index (χ3n) is 6.41. The summed E-state index contributed by atoms with van der Waals surface area (Å²) in [6.07, 6.45) is 4.45. The standard InChI is InChI=1S/C14H23BO2/c1-8(9-5-6-9)15-16-12-10-7-11(13(10,2)3)14(12,4)17-15/h8-12H,5-7H2,1-4H3/t8-,10+,11+,12-,14+/m0/s1. The molecule has 5 fully saturated rings. The zero-order valence-corrected chi connectivity index (χ0v) is 11.4. The Morgan fingerprint density at radius 2 is 1.94 bits per heavy atom. The summed E-state index contributed by atoms with van der Waals surface area (Å²) in [4.78, 5) is 0. The fourth-order valence-electron chi connectivity index (χ4n) is 4.92. The van der Waals surface area contributed by atoms with Gasteiger partial charge < -0.3 is 9.31 Å². The van der Waals surface area contributed by atoms with Gasteiger partial charge in [-0.25, -0.2) is 0 Å². The molecule has 2 bridgehead atoms. The number of hydrogen-bond donors (Lipinski definition) is 0. The lowest BCUT2D eigenvalue weighted by Gasteiger charge is -2.47. The van der Waals surface area contributed by atoms with Crippen molar-refractivity contribution in [3.63, 3.8) is 0 Å². The molecule has 17 heavy (non-hydrogen) atoms. The van der Waals surface area contributed by atoms with Crippen molar-refractivity contribution in [2.75, 3.05) is 0 Å². The second-order valence-corrected chi connectivity index (χ2v) is 7.64. The summed E-state index contributed by atoms with van der Waals surface area (Å²) in [7, 11) is 0.0823. The summed E-state index contributed by atoms with van der Waals surface area (Å²) in [5, 5.41) is 0. The van der Waals surface area contributed by atoms with Crippen LogP contribution >= 0.6 is 0 Å². The topological polar surface area (TPSA) is 18.5 Å². The predicted octanol–water partition coefficient (Wildman–Crippen LogP) is 3.12. The molecule has 0 amide bonds. The van der Waals surface area contributed by atoms with E-state index in [0.29, 0.717) is 23.3 Å². The third kappa shape index (κ3) is 1.16. The normalized spacial score (nSPS) is 52.2. The van der Waals surface area contributed by atoms with Crippen molar-refractivity contribution in [1.82, 2.24) is 0 Å². The Bertz CT molecular complexity index is 365. The lowest BCUT2D eigenvalue weighted by molar-refractivity contribution is -0.0313. The van der Waals surface area contributed by atoms with E-state index in [0.717, 1.165) is 11.8 Å². The van der Waals surface area contributed by atoms with Gasteiger partial charge in [0.25, 0.3) is 0 Å². The molecule has 4 aliphatic carbocycles. The molecule has 1 heterocycles. The van der Waals surface area contributed by atoms with E-state index >= 15 is 0 Å². The summed E-state index contributed by atoms with van der Waals surface area (Å²) >= 11 is 0. The predicted molar refractivity (Wildman–Crippen MR) is 67.6 cm³/mol. The first kappa shape index (κ1) is 10.9. The Labute approximate surface area is 105 Å². The average Bonchev–Trinajstić information content (AvgIpc) is 2.93. The number of rotatable bonds is 2. The Hall–Kier alpha value is -0.0151. The molecule has 1 saturated heterocycles. The Morgan fingerprint density at radius 1 is 1.24 bits per heavy atom. The zero-order chi connectivity index (χ0) is 12.0. The molecule has 0 aromatic carbocycles. The van der Waals surface area contributed by atoms with Gasteiger partial charge in [-0.15, -0.1) is 0 Å². The van der Waals surface area contributed by atoms with Crippen LogP contribution < -0.4 is 0 Å². The van der Waals surface area contributed by atoms with Crippen LogP contribution in [0.3, 0.4) is 0 Å². The second kappa shape index (κ2) is 2.93. The molecule has 5 atom stereocenters. The van der Waals surface area contributed by atoms with Crippen LogP contribution in [0.5, 0.6) is 0 Å². The summed E-state index contributed by atoms with van der Waals surface area (Å²) in [6.45, 7) is 9.39. The Kier molecular flexibility index (Phi) is 1.87. The molecule has 0 N–H and O–H groups in total. The van der Waals surface area contributed by atoms with Crippen LogP contribution in [0.25, 0.3) is 0 Å². The van der Waals surface area contributed by atoms with Crippen molar-refractivity contribution in [2.24, 2.45) is 23.2 Å². The molecule has 4 saturated carbocycles. The summed E-state index contributed by atoms with van der Waals surface area (Å²) in [6, 6.07) is 0. The van der Waals surface area contributed by atoms with Gasteiger partial charge in [0.05, 0.1) is 11.7 Å². The van der Waals surface area contributed by atoms with Gasteiger partial charge in [0.1, 0.15) is 0 Å². The highest BCUT2D eigenvalue weighted by Gasteiger charge is 2.74. The minimum atomic E-state index is 0.0159. The van der Waals surface area contributed by atoms with Gasteiger partial charge in [0.15, 0.2) is 0 Å². The van der Waals surface area contributed by atoms with Crippen LogP contribution in [0.15, 0.2) is 0 Å². The van der Waals surface area contributed by atoms with E-state index < -0.39 is 0 Å². The summed E-state index contributed by atoms with van der Waals surface area (Å²) in [5.74, 6) is 2.90. The van der Waals surface area contributed by atoms with Crippen molar-refractivity contribution in [2.45, 2.75) is 64.5 Å². The smallest absolute Gasteiger partial charge is 0.405 e. The third-order valence-corrected chi connectivity index (χ3v) is 6.41. The average molecular weight is 234 g/mol. The highest BCUT2D eigenvalue weighted by molar-refractivity contribution is 6.47. The van der Waals surface area contributed by atoms with Crippen LogP contribution in [-0.2, 0) is 9.31 Å².